The van der Waals surface area contributed by atoms with Crippen LogP contribution in [0.3, 0.4) is 0 Å². The third-order valence-corrected chi connectivity index (χ3v) is 13.3. The quantitative estimate of drug-likeness (QED) is 0.269. The Morgan fingerprint density at radius 3 is 1.30 bits per heavy atom. The van der Waals surface area contributed by atoms with E-state index < -0.39 is 6.62 Å². The predicted octanol–water partition coefficient (Wildman–Crippen LogP) is 8.07. The molecule has 0 nitrogen and oxygen atoms in total. The number of benzene rings is 1. The van der Waals surface area contributed by atoms with Gasteiger partial charge in [-0.15, -0.1) is 0 Å². The molecule has 0 fully saturated rings. The lowest BCUT2D eigenvalue weighted by molar-refractivity contribution is 0.553. The zero-order valence-electron chi connectivity index (χ0n) is 15.8. The minimum Gasteiger partial charge on any atom is -0.0700 e. The van der Waals surface area contributed by atoms with Crippen molar-refractivity contribution in [3.05, 3.63) is 28.8 Å². The van der Waals surface area contributed by atoms with Gasteiger partial charge in [0, 0.05) is 6.62 Å². The standard InChI is InChI=1S/C19H30Br3P/c1-17(2,3)12-10-13(18(4,5)6)15(23(22)16(20)21)14(11-12)19(7,8)9/h10-11,16H,1-9H3. The van der Waals surface area contributed by atoms with Crippen LogP contribution in [0.25, 0.3) is 0 Å². The van der Waals surface area contributed by atoms with Crippen molar-refractivity contribution >= 4 is 59.3 Å². The molecule has 1 aromatic rings. The molecule has 1 rings (SSSR count). The molecule has 0 radical (unpaired) electrons. The number of rotatable bonds is 2. The molecule has 0 saturated carbocycles. The monoisotopic (exact) mass is 526 g/mol. The number of hydrogen-bond donors (Lipinski definition) is 0. The molecule has 0 aromatic heterocycles. The maximum Gasteiger partial charge on any atom is 0.103 e. The SMILES string of the molecule is CC(C)(C)c1cc(C(C)(C)C)c(P(Br)C(Br)Br)c(C(C)(C)C)c1. The van der Waals surface area contributed by atoms with Gasteiger partial charge >= 0.3 is 0 Å². The van der Waals surface area contributed by atoms with Crippen LogP contribution in [0.2, 0.25) is 0 Å². The Kier molecular flexibility index (Phi) is 7.10. The molecule has 1 unspecified atom stereocenters. The topological polar surface area (TPSA) is 0 Å². The van der Waals surface area contributed by atoms with E-state index in [2.05, 4.69) is 122 Å². The number of hydrogen-bond acceptors (Lipinski definition) is 0. The van der Waals surface area contributed by atoms with Crippen LogP contribution >= 0.6 is 54.0 Å². The summed E-state index contributed by atoms with van der Waals surface area (Å²) >= 11 is 11.5. The fourth-order valence-electron chi connectivity index (χ4n) is 2.54. The summed E-state index contributed by atoms with van der Waals surface area (Å²) in [5.41, 5.74) is 4.71. The van der Waals surface area contributed by atoms with Crippen LogP contribution in [-0.2, 0) is 16.2 Å². The van der Waals surface area contributed by atoms with E-state index in [0.717, 1.165) is 0 Å². The van der Waals surface area contributed by atoms with E-state index >= 15 is 0 Å². The Bertz CT molecular complexity index is 522. The van der Waals surface area contributed by atoms with Crippen molar-refractivity contribution in [2.24, 2.45) is 0 Å². The molecule has 0 aliphatic carbocycles. The Morgan fingerprint density at radius 1 is 0.739 bits per heavy atom. The van der Waals surface area contributed by atoms with Crippen LogP contribution in [0, 0.1) is 0 Å². The summed E-state index contributed by atoms with van der Waals surface area (Å²) < 4.78 is 0.257. The summed E-state index contributed by atoms with van der Waals surface area (Å²) in [5.74, 6) is 0. The Labute approximate surface area is 169 Å². The molecule has 23 heavy (non-hydrogen) atoms. The zero-order valence-corrected chi connectivity index (χ0v) is 21.5. The smallest absolute Gasteiger partial charge is 0.0700 e. The van der Waals surface area contributed by atoms with Crippen molar-refractivity contribution in [2.45, 2.75) is 82.0 Å². The fourth-order valence-corrected chi connectivity index (χ4v) is 6.37. The van der Waals surface area contributed by atoms with Crippen molar-refractivity contribution in [2.75, 3.05) is 0 Å². The molecule has 0 N–H and O–H groups in total. The highest BCUT2D eigenvalue weighted by Crippen LogP contribution is 2.57. The summed E-state index contributed by atoms with van der Waals surface area (Å²) in [6.07, 6.45) is 0. The first-order valence-corrected chi connectivity index (χ1v) is 13.3. The largest absolute Gasteiger partial charge is 0.103 e. The summed E-state index contributed by atoms with van der Waals surface area (Å²) in [7, 11) is 0. The summed E-state index contributed by atoms with van der Waals surface area (Å²) in [5, 5.41) is 1.48. The Morgan fingerprint density at radius 2 is 1.09 bits per heavy atom. The highest BCUT2D eigenvalue weighted by atomic mass is 79.9. The van der Waals surface area contributed by atoms with Gasteiger partial charge in [0.25, 0.3) is 0 Å². The molecular weight excluding hydrogens is 499 g/mol. The van der Waals surface area contributed by atoms with Crippen molar-refractivity contribution in [1.82, 2.24) is 0 Å². The molecule has 0 amide bonds. The third-order valence-electron chi connectivity index (χ3n) is 3.98. The molecule has 1 atom stereocenters. The Hall–Kier alpha value is 1.09. The van der Waals surface area contributed by atoms with Gasteiger partial charge in [0.1, 0.15) is 3.48 Å². The van der Waals surface area contributed by atoms with Gasteiger partial charge in [0.2, 0.25) is 0 Å². The zero-order chi connectivity index (χ0) is 18.4. The first-order chi connectivity index (χ1) is 10.1. The molecule has 0 bridgehead atoms. The lowest BCUT2D eigenvalue weighted by atomic mass is 9.75. The minimum absolute atomic E-state index is 0.111. The first kappa shape index (κ1) is 22.1. The molecule has 1 aromatic carbocycles. The number of halogens is 3. The molecule has 0 aliphatic heterocycles. The maximum absolute atomic E-state index is 3.98. The summed E-state index contributed by atoms with van der Waals surface area (Å²) in [4.78, 5) is 0. The third kappa shape index (κ3) is 5.53. The number of alkyl halides is 2. The van der Waals surface area contributed by atoms with E-state index in [1.165, 1.54) is 22.0 Å². The Balaban J connectivity index is 3.90. The highest BCUT2D eigenvalue weighted by Gasteiger charge is 2.33. The minimum atomic E-state index is -0.507. The van der Waals surface area contributed by atoms with E-state index in [1.54, 1.807) is 0 Å². The van der Waals surface area contributed by atoms with Crippen molar-refractivity contribution < 1.29 is 0 Å². The van der Waals surface area contributed by atoms with Crippen LogP contribution in [0.1, 0.15) is 79.0 Å². The van der Waals surface area contributed by atoms with Gasteiger partial charge in [0.05, 0.1) is 0 Å². The molecule has 4 heteroatoms. The normalized spacial score (nSPS) is 15.2. The van der Waals surface area contributed by atoms with Crippen LogP contribution in [0.5, 0.6) is 0 Å². The van der Waals surface area contributed by atoms with Crippen LogP contribution in [0.15, 0.2) is 12.1 Å². The van der Waals surface area contributed by atoms with Gasteiger partial charge in [-0.25, -0.2) is 0 Å². The van der Waals surface area contributed by atoms with E-state index in [9.17, 15) is 0 Å². The van der Waals surface area contributed by atoms with Crippen LogP contribution in [0.4, 0.5) is 0 Å². The molecule has 0 spiro atoms. The highest BCUT2D eigenvalue weighted by molar-refractivity contribution is 9.44. The maximum atomic E-state index is 3.98. The van der Waals surface area contributed by atoms with Gasteiger partial charge in [-0.2, -0.15) is 0 Å². The van der Waals surface area contributed by atoms with Crippen LogP contribution in [-0.4, -0.2) is 3.48 Å². The molecular formula is C19H30Br3P. The lowest BCUT2D eigenvalue weighted by Crippen LogP contribution is -2.31. The van der Waals surface area contributed by atoms with E-state index in [-0.39, 0.29) is 19.7 Å². The van der Waals surface area contributed by atoms with Gasteiger partial charge in [0.15, 0.2) is 0 Å². The van der Waals surface area contributed by atoms with Crippen molar-refractivity contribution in [1.29, 1.82) is 0 Å². The molecule has 132 valence electrons. The fraction of sp³-hybridized carbons (Fsp3) is 0.684. The average molecular weight is 529 g/mol. The second kappa shape index (κ2) is 7.37. The van der Waals surface area contributed by atoms with Crippen LogP contribution < -0.4 is 5.30 Å². The van der Waals surface area contributed by atoms with Gasteiger partial charge in [-0.05, 0) is 38.2 Å². The van der Waals surface area contributed by atoms with Gasteiger partial charge in [-0.1, -0.05) is 122 Å². The molecule has 0 heterocycles. The van der Waals surface area contributed by atoms with E-state index in [0.29, 0.717) is 0 Å². The van der Waals surface area contributed by atoms with E-state index in [4.69, 9.17) is 0 Å². The summed E-state index contributed by atoms with van der Waals surface area (Å²) in [6, 6.07) is 4.87. The second-order valence-electron chi connectivity index (χ2n) is 9.26. The average Bonchev–Trinajstić information content (AvgIpc) is 2.32. The molecule has 0 aliphatic rings. The van der Waals surface area contributed by atoms with Crippen molar-refractivity contribution in [3.63, 3.8) is 0 Å². The summed E-state index contributed by atoms with van der Waals surface area (Å²) in [6.45, 7) is 20.3. The molecule has 0 saturated heterocycles. The van der Waals surface area contributed by atoms with E-state index in [1.807, 2.05) is 0 Å². The lowest BCUT2D eigenvalue weighted by Gasteiger charge is -2.35. The van der Waals surface area contributed by atoms with Gasteiger partial charge in [-0.3, -0.25) is 0 Å². The van der Waals surface area contributed by atoms with Gasteiger partial charge < -0.3 is 0 Å². The predicted molar refractivity (Wildman–Crippen MR) is 120 cm³/mol. The van der Waals surface area contributed by atoms with Crippen molar-refractivity contribution in [3.8, 4) is 0 Å². The first-order valence-electron chi connectivity index (χ1n) is 7.99. The second-order valence-corrected chi connectivity index (χ2v) is 17.6.